The fourth-order valence-corrected chi connectivity index (χ4v) is 3.30. The highest BCUT2D eigenvalue weighted by Crippen LogP contribution is 2.35. The molecule has 2 aromatic rings. The Hall–Kier alpha value is -3.09. The van der Waals surface area contributed by atoms with Crippen LogP contribution in [0.25, 0.3) is 0 Å². The summed E-state index contributed by atoms with van der Waals surface area (Å²) < 4.78 is 10.6. The van der Waals surface area contributed by atoms with Crippen LogP contribution in [-0.4, -0.2) is 48.5 Å². The van der Waals surface area contributed by atoms with Crippen molar-refractivity contribution in [3.63, 3.8) is 0 Å². The quantitative estimate of drug-likeness (QED) is 0.838. The zero-order chi connectivity index (χ0) is 18.1. The normalized spacial score (nSPS) is 18.7. The minimum absolute atomic E-state index is 0.0111. The number of hydrogen-bond acceptors (Lipinski definition) is 5. The molecule has 1 aromatic carbocycles. The second kappa shape index (κ2) is 6.67. The Labute approximate surface area is 151 Å². The summed E-state index contributed by atoms with van der Waals surface area (Å²) >= 11 is 0. The largest absolute Gasteiger partial charge is 0.497 e. The molecule has 0 unspecified atom stereocenters. The summed E-state index contributed by atoms with van der Waals surface area (Å²) in [6, 6.07) is 11.2. The van der Waals surface area contributed by atoms with Crippen molar-refractivity contribution >= 4 is 17.6 Å². The Bertz CT molecular complexity index is 854. The predicted molar refractivity (Wildman–Crippen MR) is 94.2 cm³/mol. The number of ether oxygens (including phenoxy) is 2. The van der Waals surface area contributed by atoms with Gasteiger partial charge in [0.25, 0.3) is 5.91 Å². The smallest absolute Gasteiger partial charge is 0.266 e. The van der Waals surface area contributed by atoms with E-state index in [0.717, 1.165) is 17.7 Å². The lowest BCUT2D eigenvalue weighted by Gasteiger charge is -2.42. The number of methoxy groups -OCH3 is 1. The number of nitrogens with zero attached hydrogens (tertiary/aromatic N) is 3. The number of carbonyl (C=O) groups excluding carboxylic acids is 2. The number of fused-ring (bicyclic) bond motifs is 1. The first-order valence-electron chi connectivity index (χ1n) is 8.49. The molecule has 7 nitrogen and oxygen atoms in total. The molecule has 0 spiro atoms. The highest BCUT2D eigenvalue weighted by Gasteiger charge is 2.36. The summed E-state index contributed by atoms with van der Waals surface area (Å²) in [4.78, 5) is 32.4. The molecule has 0 bridgehead atoms. The van der Waals surface area contributed by atoms with Crippen molar-refractivity contribution in [2.24, 2.45) is 0 Å². The second-order valence-corrected chi connectivity index (χ2v) is 6.26. The number of anilines is 1. The van der Waals surface area contributed by atoms with Gasteiger partial charge in [-0.3, -0.25) is 14.5 Å². The maximum atomic E-state index is 12.8. The van der Waals surface area contributed by atoms with Crippen molar-refractivity contribution in [2.45, 2.75) is 12.5 Å². The van der Waals surface area contributed by atoms with Gasteiger partial charge in [0.05, 0.1) is 13.2 Å². The van der Waals surface area contributed by atoms with Gasteiger partial charge in [-0.05, 0) is 36.2 Å². The maximum Gasteiger partial charge on any atom is 0.266 e. The van der Waals surface area contributed by atoms with E-state index in [2.05, 4.69) is 4.98 Å². The number of hydrogen-bond donors (Lipinski definition) is 0. The van der Waals surface area contributed by atoms with Crippen molar-refractivity contribution in [1.82, 2.24) is 9.88 Å². The van der Waals surface area contributed by atoms with Crippen molar-refractivity contribution < 1.29 is 19.1 Å². The predicted octanol–water partition coefficient (Wildman–Crippen LogP) is 1.79. The molecule has 1 saturated heterocycles. The third-order valence-corrected chi connectivity index (χ3v) is 4.77. The Balaban J connectivity index is 1.51. The number of carbonyl (C=O) groups is 2. The van der Waals surface area contributed by atoms with E-state index >= 15 is 0 Å². The van der Waals surface area contributed by atoms with Gasteiger partial charge in [-0.2, -0.15) is 0 Å². The lowest BCUT2D eigenvalue weighted by molar-refractivity contribution is -0.139. The molecule has 0 aliphatic carbocycles. The standard InChI is InChI=1S/C19H19N3O4/c1-25-14-5-2-4-13(10-14)15-7-9-21(15)17(23)11-22-18(24)12-26-16-6-3-8-20-19(16)22/h2-6,8,10,15H,7,9,11-12H2,1H3/t15-/m1/s1. The SMILES string of the molecule is COc1cccc([C@H]2CCN2C(=O)CN2C(=O)COc3cccnc32)c1. The molecule has 26 heavy (non-hydrogen) atoms. The van der Waals surface area contributed by atoms with E-state index in [9.17, 15) is 9.59 Å². The molecule has 0 radical (unpaired) electrons. The van der Waals surface area contributed by atoms with Crippen LogP contribution in [0.3, 0.4) is 0 Å². The highest BCUT2D eigenvalue weighted by atomic mass is 16.5. The van der Waals surface area contributed by atoms with Crippen LogP contribution in [-0.2, 0) is 9.59 Å². The number of likely N-dealkylation sites (tertiary alicyclic amines) is 1. The topological polar surface area (TPSA) is 72.0 Å². The third-order valence-electron chi connectivity index (χ3n) is 4.77. The van der Waals surface area contributed by atoms with Gasteiger partial charge in [-0.15, -0.1) is 0 Å². The molecular weight excluding hydrogens is 334 g/mol. The number of aromatic nitrogens is 1. The zero-order valence-electron chi connectivity index (χ0n) is 14.4. The fraction of sp³-hybridized carbons (Fsp3) is 0.316. The van der Waals surface area contributed by atoms with Gasteiger partial charge >= 0.3 is 0 Å². The molecule has 3 heterocycles. The molecule has 1 fully saturated rings. The van der Waals surface area contributed by atoms with Crippen LogP contribution in [0.4, 0.5) is 5.82 Å². The van der Waals surface area contributed by atoms with Gasteiger partial charge in [0.1, 0.15) is 12.3 Å². The lowest BCUT2D eigenvalue weighted by Crippen LogP contribution is -2.51. The van der Waals surface area contributed by atoms with Crippen LogP contribution in [0.5, 0.6) is 11.5 Å². The van der Waals surface area contributed by atoms with Crippen LogP contribution < -0.4 is 14.4 Å². The molecule has 4 rings (SSSR count). The minimum Gasteiger partial charge on any atom is -0.497 e. The van der Waals surface area contributed by atoms with Crippen LogP contribution in [0, 0.1) is 0 Å². The monoisotopic (exact) mass is 353 g/mol. The molecule has 7 heteroatoms. The maximum absolute atomic E-state index is 12.8. The highest BCUT2D eigenvalue weighted by molar-refractivity contribution is 6.01. The molecule has 0 saturated carbocycles. The van der Waals surface area contributed by atoms with E-state index in [1.807, 2.05) is 24.3 Å². The van der Waals surface area contributed by atoms with Crippen molar-refractivity contribution in [3.8, 4) is 11.5 Å². The van der Waals surface area contributed by atoms with Gasteiger partial charge in [0.15, 0.2) is 18.2 Å². The summed E-state index contributed by atoms with van der Waals surface area (Å²) in [5.41, 5.74) is 1.04. The molecule has 1 atom stereocenters. The minimum atomic E-state index is -0.261. The van der Waals surface area contributed by atoms with Crippen molar-refractivity contribution in [1.29, 1.82) is 0 Å². The van der Waals surface area contributed by atoms with Gasteiger partial charge in [-0.1, -0.05) is 12.1 Å². The average Bonchev–Trinajstić information content (AvgIpc) is 2.63. The van der Waals surface area contributed by atoms with E-state index < -0.39 is 0 Å². The second-order valence-electron chi connectivity index (χ2n) is 6.26. The van der Waals surface area contributed by atoms with E-state index in [1.165, 1.54) is 4.90 Å². The Morgan fingerprint density at radius 1 is 1.35 bits per heavy atom. The Kier molecular flexibility index (Phi) is 4.20. The van der Waals surface area contributed by atoms with Gasteiger partial charge in [-0.25, -0.2) is 4.98 Å². The van der Waals surface area contributed by atoms with Gasteiger partial charge < -0.3 is 14.4 Å². The number of amides is 2. The summed E-state index contributed by atoms with van der Waals surface area (Å²) in [6.07, 6.45) is 2.48. The van der Waals surface area contributed by atoms with Crippen LogP contribution in [0.1, 0.15) is 18.0 Å². The Morgan fingerprint density at radius 3 is 3.00 bits per heavy atom. The van der Waals surface area contributed by atoms with Crippen LogP contribution in [0.2, 0.25) is 0 Å². The average molecular weight is 353 g/mol. The summed E-state index contributed by atoms with van der Waals surface area (Å²) in [5.74, 6) is 1.32. The Morgan fingerprint density at radius 2 is 2.23 bits per heavy atom. The van der Waals surface area contributed by atoms with E-state index in [0.29, 0.717) is 18.1 Å². The number of pyridine rings is 1. The summed E-state index contributed by atoms with van der Waals surface area (Å²) in [5, 5.41) is 0. The summed E-state index contributed by atoms with van der Waals surface area (Å²) in [7, 11) is 1.62. The zero-order valence-corrected chi connectivity index (χ0v) is 14.4. The van der Waals surface area contributed by atoms with Gasteiger partial charge in [0, 0.05) is 12.7 Å². The molecular formula is C19H19N3O4. The first kappa shape index (κ1) is 16.4. The third kappa shape index (κ3) is 2.85. The molecule has 2 aliphatic rings. The van der Waals surface area contributed by atoms with Crippen LogP contribution >= 0.6 is 0 Å². The number of benzene rings is 1. The molecule has 134 valence electrons. The molecule has 1 aromatic heterocycles. The first-order chi connectivity index (χ1) is 12.7. The van der Waals surface area contributed by atoms with Crippen molar-refractivity contribution in [2.75, 3.05) is 31.7 Å². The molecule has 0 N–H and O–H groups in total. The van der Waals surface area contributed by atoms with E-state index in [1.54, 1.807) is 30.3 Å². The van der Waals surface area contributed by atoms with Gasteiger partial charge in [0.2, 0.25) is 5.91 Å². The van der Waals surface area contributed by atoms with E-state index in [-0.39, 0.29) is 31.0 Å². The first-order valence-corrected chi connectivity index (χ1v) is 8.49. The summed E-state index contributed by atoms with van der Waals surface area (Å²) in [6.45, 7) is 0.562. The van der Waals surface area contributed by atoms with Crippen LogP contribution in [0.15, 0.2) is 42.6 Å². The molecule has 2 aliphatic heterocycles. The lowest BCUT2D eigenvalue weighted by atomic mass is 9.94. The van der Waals surface area contributed by atoms with Crippen molar-refractivity contribution in [3.05, 3.63) is 48.2 Å². The number of rotatable bonds is 4. The van der Waals surface area contributed by atoms with E-state index in [4.69, 9.17) is 9.47 Å². The fourth-order valence-electron chi connectivity index (χ4n) is 3.30. The molecule has 2 amide bonds.